The topological polar surface area (TPSA) is 18.5 Å². The van der Waals surface area contributed by atoms with Crippen LogP contribution >= 0.6 is 0 Å². The maximum absolute atomic E-state index is 7.06. The minimum absolute atomic E-state index is 0.0527. The van der Waals surface area contributed by atoms with Gasteiger partial charge in [-0.1, -0.05) is 93.0 Å². The molecule has 0 aromatic heterocycles. The second kappa shape index (κ2) is 11.7. The van der Waals surface area contributed by atoms with E-state index in [1.807, 2.05) is 0 Å². The van der Waals surface area contributed by atoms with Gasteiger partial charge in [0, 0.05) is 6.42 Å². The molecule has 224 valence electrons. The first-order valence-electron chi connectivity index (χ1n) is 16.2. The summed E-state index contributed by atoms with van der Waals surface area (Å²) in [5.74, 6) is 2.45. The van der Waals surface area contributed by atoms with E-state index in [0.717, 1.165) is 30.6 Å². The van der Waals surface area contributed by atoms with Gasteiger partial charge in [-0.3, -0.25) is 0 Å². The van der Waals surface area contributed by atoms with E-state index in [-0.39, 0.29) is 22.3 Å². The molecule has 3 aliphatic rings. The normalized spacial score (nSPS) is 34.0. The Morgan fingerprint density at radius 3 is 2.13 bits per heavy atom. The molecule has 0 spiro atoms. The van der Waals surface area contributed by atoms with Gasteiger partial charge in [0.05, 0.1) is 12.2 Å². The number of hydrogen-bond acceptors (Lipinski definition) is 2. The smallest absolute Gasteiger partial charge is 0.192 e. The minimum atomic E-state index is -1.94. The van der Waals surface area contributed by atoms with Gasteiger partial charge >= 0.3 is 0 Å². The molecule has 0 amide bonds. The molecule has 0 aromatic carbocycles. The van der Waals surface area contributed by atoms with Crippen molar-refractivity contribution in [2.45, 2.75) is 162 Å². The predicted octanol–water partition coefficient (Wildman–Crippen LogP) is 11.2. The SMILES string of the molecule is C=C1/C(=C/C=C2\CCC[C@]3(C)[C@@H]([C@@H](C)CC)CC[C@@H]23)C[C@@H](O[Si](C)(C)C(C)(C)C)C[C@@H]1O[Si](C)(C)C(C)(C)C. The molecule has 3 fully saturated rings. The van der Waals surface area contributed by atoms with Crippen molar-refractivity contribution in [1.82, 2.24) is 0 Å². The highest BCUT2D eigenvalue weighted by Gasteiger charge is 2.50. The third kappa shape index (κ3) is 6.97. The van der Waals surface area contributed by atoms with Crippen molar-refractivity contribution >= 4 is 16.6 Å². The Morgan fingerprint density at radius 1 is 0.974 bits per heavy atom. The highest BCUT2D eigenvalue weighted by atomic mass is 28.4. The molecule has 0 heterocycles. The fraction of sp³-hybridized carbons (Fsp3) is 0.829. The number of hydrogen-bond donors (Lipinski definition) is 0. The fourth-order valence-electron chi connectivity index (χ4n) is 7.26. The van der Waals surface area contributed by atoms with Crippen LogP contribution in [0.25, 0.3) is 0 Å². The van der Waals surface area contributed by atoms with Crippen LogP contribution in [0.3, 0.4) is 0 Å². The molecule has 4 heteroatoms. The zero-order valence-corrected chi connectivity index (χ0v) is 30.2. The maximum atomic E-state index is 7.06. The first kappa shape index (κ1) is 33.1. The summed E-state index contributed by atoms with van der Waals surface area (Å²) in [7, 11) is -3.83. The summed E-state index contributed by atoms with van der Waals surface area (Å²) in [4.78, 5) is 0. The minimum Gasteiger partial charge on any atom is -0.413 e. The summed E-state index contributed by atoms with van der Waals surface area (Å²) >= 11 is 0. The molecule has 2 nitrogen and oxygen atoms in total. The highest BCUT2D eigenvalue weighted by molar-refractivity contribution is 6.74. The molecule has 3 rings (SSSR count). The number of allylic oxidation sites excluding steroid dienone is 3. The summed E-state index contributed by atoms with van der Waals surface area (Å²) in [5.41, 5.74) is 4.74. The molecule has 0 aliphatic heterocycles. The third-order valence-corrected chi connectivity index (χ3v) is 21.1. The zero-order chi connectivity index (χ0) is 29.6. The van der Waals surface area contributed by atoms with Gasteiger partial charge in [0.15, 0.2) is 16.6 Å². The van der Waals surface area contributed by atoms with Crippen molar-refractivity contribution in [3.8, 4) is 0 Å². The van der Waals surface area contributed by atoms with Crippen molar-refractivity contribution in [2.75, 3.05) is 0 Å². The van der Waals surface area contributed by atoms with Crippen molar-refractivity contribution in [1.29, 1.82) is 0 Å². The summed E-state index contributed by atoms with van der Waals surface area (Å²) in [5, 5.41) is 0.373. The average molecular weight is 573 g/mol. The van der Waals surface area contributed by atoms with Crippen LogP contribution in [0.5, 0.6) is 0 Å². The molecular weight excluding hydrogens is 509 g/mol. The Kier molecular flexibility index (Phi) is 9.91. The molecule has 0 bridgehead atoms. The van der Waals surface area contributed by atoms with Crippen molar-refractivity contribution in [2.24, 2.45) is 23.2 Å². The summed E-state index contributed by atoms with van der Waals surface area (Å²) in [6.07, 6.45) is 15.2. The second-order valence-electron chi connectivity index (χ2n) is 16.7. The second-order valence-corrected chi connectivity index (χ2v) is 26.3. The Balaban J connectivity index is 1.93. The molecule has 0 N–H and O–H groups in total. The van der Waals surface area contributed by atoms with Crippen LogP contribution in [0.15, 0.2) is 35.5 Å². The summed E-state index contributed by atoms with van der Waals surface area (Å²) in [6, 6.07) is 0. The van der Waals surface area contributed by atoms with Gasteiger partial charge in [-0.15, -0.1) is 0 Å². The van der Waals surface area contributed by atoms with Gasteiger partial charge in [-0.05, 0) is 109 Å². The quantitative estimate of drug-likeness (QED) is 0.282. The standard InChI is InChI=1S/C35H64O2Si2/c1-15-25(2)30-20-21-31-27(17-16-22-35(30,31)10)18-19-28-23-29(36-38(11,12)33(4,5)6)24-32(26(28)3)37-39(13,14)34(7,8)9/h18-19,25,29-32H,3,15-17,20-24H2,1-2,4-14H3/b27-18+,28-19+/t25-,29+,30+,31-,32-,35+/m0/s1. The van der Waals surface area contributed by atoms with E-state index in [1.165, 1.54) is 49.7 Å². The molecular formula is C35H64O2Si2. The van der Waals surface area contributed by atoms with Gasteiger partial charge in [0.1, 0.15) is 0 Å². The zero-order valence-electron chi connectivity index (χ0n) is 28.2. The molecule has 39 heavy (non-hydrogen) atoms. The van der Waals surface area contributed by atoms with E-state index in [2.05, 4.69) is 107 Å². The lowest BCUT2D eigenvalue weighted by molar-refractivity contribution is 0.0955. The molecule has 0 aromatic rings. The summed E-state index contributed by atoms with van der Waals surface area (Å²) in [6.45, 7) is 35.7. The van der Waals surface area contributed by atoms with Crippen molar-refractivity contribution in [3.05, 3.63) is 35.5 Å². The molecule has 0 unspecified atom stereocenters. The first-order valence-corrected chi connectivity index (χ1v) is 22.0. The largest absolute Gasteiger partial charge is 0.413 e. The van der Waals surface area contributed by atoms with Crippen LogP contribution in [-0.2, 0) is 8.85 Å². The van der Waals surface area contributed by atoms with Gasteiger partial charge < -0.3 is 8.85 Å². The van der Waals surface area contributed by atoms with Gasteiger partial charge in [0.25, 0.3) is 0 Å². The monoisotopic (exact) mass is 572 g/mol. The Labute approximate surface area is 245 Å². The van der Waals surface area contributed by atoms with Crippen LogP contribution < -0.4 is 0 Å². The molecule has 3 aliphatic carbocycles. The number of rotatable bonds is 7. The lowest BCUT2D eigenvalue weighted by Gasteiger charge is -2.46. The highest BCUT2D eigenvalue weighted by Crippen LogP contribution is 2.59. The van der Waals surface area contributed by atoms with Crippen LogP contribution in [0.2, 0.25) is 36.3 Å². The third-order valence-electron chi connectivity index (χ3n) is 12.1. The molecule has 0 saturated heterocycles. The van der Waals surface area contributed by atoms with Gasteiger partial charge in [-0.2, -0.15) is 0 Å². The van der Waals surface area contributed by atoms with E-state index in [9.17, 15) is 0 Å². The Bertz CT molecular complexity index is 945. The maximum Gasteiger partial charge on any atom is 0.192 e. The van der Waals surface area contributed by atoms with E-state index in [4.69, 9.17) is 8.85 Å². The number of fused-ring (bicyclic) bond motifs is 1. The van der Waals surface area contributed by atoms with Crippen LogP contribution in [0.1, 0.15) is 114 Å². The van der Waals surface area contributed by atoms with Gasteiger partial charge in [-0.25, -0.2) is 0 Å². The van der Waals surface area contributed by atoms with Crippen LogP contribution in [0, 0.1) is 23.2 Å². The Hall–Kier alpha value is -0.426. The van der Waals surface area contributed by atoms with E-state index >= 15 is 0 Å². The predicted molar refractivity (Wildman–Crippen MR) is 176 cm³/mol. The molecule has 6 atom stereocenters. The fourth-order valence-corrected chi connectivity index (χ4v) is 9.93. The molecule has 0 radical (unpaired) electrons. The van der Waals surface area contributed by atoms with Crippen molar-refractivity contribution < 1.29 is 8.85 Å². The van der Waals surface area contributed by atoms with Crippen LogP contribution in [-0.4, -0.2) is 28.8 Å². The molecule has 3 saturated carbocycles. The lowest BCUT2D eigenvalue weighted by Crippen LogP contribution is -2.49. The first-order chi connectivity index (χ1) is 17.7. The van der Waals surface area contributed by atoms with Crippen molar-refractivity contribution in [3.63, 3.8) is 0 Å². The van der Waals surface area contributed by atoms with Gasteiger partial charge in [0.2, 0.25) is 0 Å². The lowest BCUT2D eigenvalue weighted by atomic mass is 9.61. The average Bonchev–Trinajstić information content (AvgIpc) is 3.15. The Morgan fingerprint density at radius 2 is 1.56 bits per heavy atom. The van der Waals surface area contributed by atoms with E-state index in [0.29, 0.717) is 5.41 Å². The van der Waals surface area contributed by atoms with E-state index in [1.54, 1.807) is 5.57 Å². The van der Waals surface area contributed by atoms with E-state index < -0.39 is 16.6 Å². The summed E-state index contributed by atoms with van der Waals surface area (Å²) < 4.78 is 14.1. The van der Waals surface area contributed by atoms with Crippen LogP contribution in [0.4, 0.5) is 0 Å².